The number of amides is 2. The fourth-order valence-corrected chi connectivity index (χ4v) is 4.16. The molecule has 0 radical (unpaired) electrons. The van der Waals surface area contributed by atoms with Gasteiger partial charge in [0.25, 0.3) is 0 Å². The molecule has 2 fully saturated rings. The lowest BCUT2D eigenvalue weighted by Crippen LogP contribution is -2.46. The molecule has 10 heteroatoms. The van der Waals surface area contributed by atoms with Gasteiger partial charge in [0.2, 0.25) is 5.95 Å². The van der Waals surface area contributed by atoms with Crippen LogP contribution >= 0.6 is 0 Å². The summed E-state index contributed by atoms with van der Waals surface area (Å²) in [5, 5.41) is 8.98. The first-order valence-corrected chi connectivity index (χ1v) is 10.9. The molecule has 0 unspecified atom stereocenters. The van der Waals surface area contributed by atoms with Crippen LogP contribution in [0.3, 0.4) is 0 Å². The van der Waals surface area contributed by atoms with Crippen LogP contribution in [0.1, 0.15) is 0 Å². The largest absolute Gasteiger partial charge is 0.497 e. The smallest absolute Gasteiger partial charge is 0.319 e. The van der Waals surface area contributed by atoms with Crippen molar-refractivity contribution >= 4 is 17.7 Å². The molecule has 0 saturated carbocycles. The predicted molar refractivity (Wildman–Crippen MR) is 123 cm³/mol. The Morgan fingerprint density at radius 1 is 1.06 bits per heavy atom. The number of rotatable bonds is 6. The second-order valence-corrected chi connectivity index (χ2v) is 8.06. The number of urea groups is 1. The Kier molecular flexibility index (Phi) is 6.24. The fraction of sp³-hybridized carbons (Fsp3) is 0.292. The molecule has 2 amide bonds. The number of fused-ring (bicyclic) bond motifs is 1. The van der Waals surface area contributed by atoms with Crippen LogP contribution < -0.4 is 20.7 Å². The molecule has 176 valence electrons. The molecule has 0 spiro atoms. The normalized spacial score (nSPS) is 23.2. The summed E-state index contributed by atoms with van der Waals surface area (Å²) in [6.45, 7) is 0.703. The first kappa shape index (κ1) is 22.1. The second kappa shape index (κ2) is 9.62. The Hall–Kier alpha value is -3.76. The third-order valence-electron chi connectivity index (χ3n) is 5.81. The predicted octanol–water partition coefficient (Wildman–Crippen LogP) is 3.06. The minimum absolute atomic E-state index is 0.191. The summed E-state index contributed by atoms with van der Waals surface area (Å²) < 4.78 is 30.6. The zero-order valence-electron chi connectivity index (χ0n) is 18.4. The van der Waals surface area contributed by atoms with Crippen molar-refractivity contribution in [3.05, 3.63) is 66.6 Å². The van der Waals surface area contributed by atoms with Crippen molar-refractivity contribution in [2.24, 2.45) is 0 Å². The molecule has 4 atom stereocenters. The minimum Gasteiger partial charge on any atom is -0.497 e. The third-order valence-corrected chi connectivity index (χ3v) is 5.81. The summed E-state index contributed by atoms with van der Waals surface area (Å²) in [5.74, 6) is 0.779. The number of benzene rings is 2. The van der Waals surface area contributed by atoms with Gasteiger partial charge in [0.1, 0.15) is 23.8 Å². The Labute approximate surface area is 195 Å². The molecule has 2 saturated heterocycles. The van der Waals surface area contributed by atoms with Gasteiger partial charge < -0.3 is 30.2 Å². The molecule has 34 heavy (non-hydrogen) atoms. The van der Waals surface area contributed by atoms with Gasteiger partial charge in [0.05, 0.1) is 38.1 Å². The molecule has 2 aliphatic rings. The highest BCUT2D eigenvalue weighted by Gasteiger charge is 2.48. The number of hydrogen-bond donors (Lipinski definition) is 3. The van der Waals surface area contributed by atoms with Crippen LogP contribution in [-0.4, -0.2) is 60.6 Å². The molecule has 2 aliphatic heterocycles. The van der Waals surface area contributed by atoms with E-state index in [2.05, 4.69) is 25.9 Å². The highest BCUT2D eigenvalue weighted by molar-refractivity contribution is 5.89. The van der Waals surface area contributed by atoms with E-state index < -0.39 is 0 Å². The molecule has 5 rings (SSSR count). The van der Waals surface area contributed by atoms with Crippen LogP contribution in [0.2, 0.25) is 0 Å². The maximum atomic E-state index is 13.6. The summed E-state index contributed by atoms with van der Waals surface area (Å²) in [5.41, 5.74) is 1.92. The lowest BCUT2D eigenvalue weighted by molar-refractivity contribution is 0.0683. The quantitative estimate of drug-likeness (QED) is 0.514. The summed E-state index contributed by atoms with van der Waals surface area (Å²) >= 11 is 0. The maximum absolute atomic E-state index is 13.6. The number of hydrogen-bond acceptors (Lipinski definition) is 7. The van der Waals surface area contributed by atoms with Gasteiger partial charge in [-0.25, -0.2) is 19.2 Å². The highest BCUT2D eigenvalue weighted by Crippen LogP contribution is 2.29. The number of methoxy groups -OCH3 is 1. The lowest BCUT2D eigenvalue weighted by Gasteiger charge is -2.19. The first-order chi connectivity index (χ1) is 16.6. The summed E-state index contributed by atoms with van der Waals surface area (Å²) in [6.07, 6.45) is 1.05. The summed E-state index contributed by atoms with van der Waals surface area (Å²) in [7, 11) is 1.59. The van der Waals surface area contributed by atoms with Crippen molar-refractivity contribution in [2.75, 3.05) is 31.0 Å². The van der Waals surface area contributed by atoms with Crippen LogP contribution in [0.25, 0.3) is 11.3 Å². The van der Waals surface area contributed by atoms with Crippen molar-refractivity contribution < 1.29 is 23.4 Å². The Bertz CT molecular complexity index is 1160. The minimum atomic E-state index is -0.342. The molecular weight excluding hydrogens is 441 g/mol. The lowest BCUT2D eigenvalue weighted by atomic mass is 10.1. The van der Waals surface area contributed by atoms with E-state index in [-0.39, 0.29) is 36.1 Å². The average Bonchev–Trinajstić information content (AvgIpc) is 3.43. The number of ether oxygens (including phenoxy) is 3. The molecule has 9 nitrogen and oxygen atoms in total. The van der Waals surface area contributed by atoms with Crippen molar-refractivity contribution in [3.8, 4) is 17.0 Å². The Morgan fingerprint density at radius 3 is 2.59 bits per heavy atom. The molecule has 0 bridgehead atoms. The van der Waals surface area contributed by atoms with Gasteiger partial charge in [-0.3, -0.25) is 0 Å². The first-order valence-electron chi connectivity index (χ1n) is 10.9. The topological polar surface area (TPSA) is 107 Å². The number of aromatic nitrogens is 2. The van der Waals surface area contributed by atoms with E-state index in [1.807, 2.05) is 0 Å². The fourth-order valence-electron chi connectivity index (χ4n) is 4.16. The van der Waals surface area contributed by atoms with Crippen LogP contribution in [0.15, 0.2) is 60.8 Å². The molecule has 3 aromatic rings. The van der Waals surface area contributed by atoms with Gasteiger partial charge in [0.15, 0.2) is 0 Å². The van der Waals surface area contributed by atoms with E-state index in [1.165, 1.54) is 12.1 Å². The number of anilines is 2. The van der Waals surface area contributed by atoms with Crippen molar-refractivity contribution in [2.45, 2.75) is 24.3 Å². The molecule has 2 aromatic carbocycles. The van der Waals surface area contributed by atoms with Crippen LogP contribution in [-0.2, 0) is 9.47 Å². The van der Waals surface area contributed by atoms with Gasteiger partial charge in [-0.05, 0) is 42.5 Å². The Morgan fingerprint density at radius 2 is 1.82 bits per heavy atom. The van der Waals surface area contributed by atoms with Crippen LogP contribution in [0.4, 0.5) is 20.8 Å². The zero-order valence-corrected chi connectivity index (χ0v) is 18.4. The molecule has 3 heterocycles. The van der Waals surface area contributed by atoms with E-state index in [9.17, 15) is 9.18 Å². The van der Waals surface area contributed by atoms with E-state index in [1.54, 1.807) is 55.8 Å². The number of carbonyl (C=O) groups excluding carboxylic acids is 1. The van der Waals surface area contributed by atoms with Gasteiger partial charge in [-0.2, -0.15) is 0 Å². The second-order valence-electron chi connectivity index (χ2n) is 8.06. The van der Waals surface area contributed by atoms with E-state index >= 15 is 0 Å². The molecule has 0 aliphatic carbocycles. The van der Waals surface area contributed by atoms with Crippen LogP contribution in [0.5, 0.6) is 5.75 Å². The van der Waals surface area contributed by atoms with E-state index in [0.717, 1.165) is 0 Å². The number of nitrogens with zero attached hydrogens (tertiary/aromatic N) is 2. The van der Waals surface area contributed by atoms with Gasteiger partial charge >= 0.3 is 6.03 Å². The van der Waals surface area contributed by atoms with Crippen LogP contribution in [0, 0.1) is 5.82 Å². The number of nitrogens with one attached hydrogen (secondary N) is 3. The molecular formula is C24H24FN5O4. The van der Waals surface area contributed by atoms with Crippen molar-refractivity contribution in [3.63, 3.8) is 0 Å². The monoisotopic (exact) mass is 465 g/mol. The van der Waals surface area contributed by atoms with E-state index in [0.29, 0.717) is 41.9 Å². The Balaban J connectivity index is 1.18. The number of halogens is 1. The summed E-state index contributed by atoms with van der Waals surface area (Å²) in [4.78, 5) is 21.2. The molecule has 1 aromatic heterocycles. The zero-order chi connectivity index (χ0) is 23.5. The van der Waals surface area contributed by atoms with Gasteiger partial charge in [-0.1, -0.05) is 12.1 Å². The molecule has 3 N–H and O–H groups in total. The maximum Gasteiger partial charge on any atom is 0.319 e. The van der Waals surface area contributed by atoms with E-state index in [4.69, 9.17) is 14.2 Å². The number of carbonyl (C=O) groups is 1. The highest BCUT2D eigenvalue weighted by atomic mass is 19.1. The van der Waals surface area contributed by atoms with Crippen molar-refractivity contribution in [1.29, 1.82) is 0 Å². The van der Waals surface area contributed by atoms with Gasteiger partial charge in [-0.15, -0.1) is 0 Å². The SMILES string of the molecule is COc1ccc(NC(=O)N[C@@H]2CO[C@@H]3[C@@H]2OC[C@@H]3Nc2nccc(-c3cccc(F)c3)n2)cc1. The van der Waals surface area contributed by atoms with Crippen molar-refractivity contribution in [1.82, 2.24) is 15.3 Å². The summed E-state index contributed by atoms with van der Waals surface area (Å²) in [6, 6.07) is 14.2. The standard InChI is InChI=1S/C24H24FN5O4/c1-32-17-7-5-16(6-8-17)27-24(31)30-20-13-34-21-19(12-33-22(20)21)29-23-26-10-9-18(28-23)14-3-2-4-15(25)11-14/h2-11,19-22H,12-13H2,1H3,(H,26,28,29)(H2,27,30,31)/t19-,20+,21-,22+/m0/s1. The van der Waals surface area contributed by atoms with Gasteiger partial charge in [0, 0.05) is 17.4 Å². The third kappa shape index (κ3) is 4.78. The average molecular weight is 465 g/mol.